The number of hydrogen-bond acceptors (Lipinski definition) is 5. The molecule has 1 aliphatic rings. The molecule has 1 atom stereocenters. The molecule has 3 aromatic rings. The quantitative estimate of drug-likeness (QED) is 0.108. The first-order valence-corrected chi connectivity index (χ1v) is 12.8. The van der Waals surface area contributed by atoms with Gasteiger partial charge in [0.25, 0.3) is 5.91 Å². The number of β-lactam (4-membered cyclic amide) rings is 1. The van der Waals surface area contributed by atoms with Gasteiger partial charge in [0.2, 0.25) is 0 Å². The second kappa shape index (κ2) is 13.4. The Balaban J connectivity index is 1.27. The van der Waals surface area contributed by atoms with Gasteiger partial charge in [-0.1, -0.05) is 65.8 Å². The van der Waals surface area contributed by atoms with Crippen LogP contribution in [0, 0.1) is 0 Å². The second-order valence-electron chi connectivity index (χ2n) is 9.04. The van der Waals surface area contributed by atoms with Gasteiger partial charge in [-0.05, 0) is 80.7 Å². The van der Waals surface area contributed by atoms with Gasteiger partial charge in [-0.15, -0.1) is 0 Å². The Labute approximate surface area is 219 Å². The number of carbonyl (C=O) groups excluding carboxylic acids is 1. The molecule has 3 aromatic carbocycles. The van der Waals surface area contributed by atoms with E-state index in [1.807, 2.05) is 73.7 Å². The van der Waals surface area contributed by atoms with Crippen molar-refractivity contribution in [1.82, 2.24) is 5.32 Å². The molecule has 6 heteroatoms. The minimum absolute atomic E-state index is 0.0340. The lowest BCUT2D eigenvalue weighted by atomic mass is 9.86. The molecule has 1 fully saturated rings. The van der Waals surface area contributed by atoms with Crippen molar-refractivity contribution in [2.75, 3.05) is 31.7 Å². The minimum atomic E-state index is -0.174. The van der Waals surface area contributed by atoms with Crippen LogP contribution in [0.5, 0.6) is 5.75 Å². The first-order valence-electron chi connectivity index (χ1n) is 12.8. The van der Waals surface area contributed by atoms with E-state index in [1.165, 1.54) is 5.56 Å². The minimum Gasteiger partial charge on any atom is -0.497 e. The summed E-state index contributed by atoms with van der Waals surface area (Å²) in [5, 5.41) is 7.68. The average Bonchev–Trinajstić information content (AvgIpc) is 2.94. The van der Waals surface area contributed by atoms with Crippen LogP contribution < -0.4 is 15.0 Å². The summed E-state index contributed by atoms with van der Waals surface area (Å²) in [6.45, 7) is 4.26. The number of aryl methyl sites for hydroxylation is 1. The van der Waals surface area contributed by atoms with E-state index in [4.69, 9.17) is 9.57 Å². The fourth-order valence-electron chi connectivity index (χ4n) is 4.41. The number of hydrogen-bond donors (Lipinski definition) is 1. The van der Waals surface area contributed by atoms with E-state index in [1.54, 1.807) is 12.0 Å². The molecule has 4 rings (SSSR count). The Morgan fingerprint density at radius 2 is 1.62 bits per heavy atom. The maximum absolute atomic E-state index is 13.2. The van der Waals surface area contributed by atoms with Crippen molar-refractivity contribution in [3.8, 4) is 5.75 Å². The van der Waals surface area contributed by atoms with E-state index < -0.39 is 0 Å². The van der Waals surface area contributed by atoms with Crippen LogP contribution in [0.1, 0.15) is 36.9 Å². The smallest absolute Gasteiger partial charge is 0.257 e. The highest BCUT2D eigenvalue weighted by Crippen LogP contribution is 2.43. The molecular formula is C31H35N3O3. The Morgan fingerprint density at radius 1 is 0.946 bits per heavy atom. The first kappa shape index (κ1) is 26.2. The third-order valence-corrected chi connectivity index (χ3v) is 6.31. The zero-order valence-corrected chi connectivity index (χ0v) is 21.6. The van der Waals surface area contributed by atoms with Crippen LogP contribution in [-0.4, -0.2) is 38.4 Å². The van der Waals surface area contributed by atoms with Crippen molar-refractivity contribution in [2.45, 2.75) is 32.2 Å². The lowest BCUT2D eigenvalue weighted by Gasteiger charge is -2.43. The number of nitrogens with one attached hydrogen (secondary N) is 1. The highest BCUT2D eigenvalue weighted by molar-refractivity contribution is 6.18. The van der Waals surface area contributed by atoms with Crippen molar-refractivity contribution in [1.29, 1.82) is 0 Å². The van der Waals surface area contributed by atoms with E-state index >= 15 is 0 Å². The van der Waals surface area contributed by atoms with Crippen LogP contribution in [0.25, 0.3) is 0 Å². The largest absolute Gasteiger partial charge is 0.497 e. The molecule has 0 bridgehead atoms. The summed E-state index contributed by atoms with van der Waals surface area (Å²) in [4.78, 5) is 20.5. The van der Waals surface area contributed by atoms with Crippen molar-refractivity contribution in [3.63, 3.8) is 0 Å². The first-order chi connectivity index (χ1) is 18.2. The lowest BCUT2D eigenvalue weighted by Crippen LogP contribution is -2.49. The number of anilines is 1. The van der Waals surface area contributed by atoms with E-state index in [2.05, 4.69) is 34.7 Å². The highest BCUT2D eigenvalue weighted by atomic mass is 16.6. The molecule has 37 heavy (non-hydrogen) atoms. The number of ether oxygens (including phenoxy) is 1. The molecule has 1 unspecified atom stereocenters. The van der Waals surface area contributed by atoms with Crippen molar-refractivity contribution >= 4 is 17.3 Å². The van der Waals surface area contributed by atoms with E-state index in [0.29, 0.717) is 17.9 Å². The maximum atomic E-state index is 13.2. The summed E-state index contributed by atoms with van der Waals surface area (Å²) in [7, 11) is 1.63. The highest BCUT2D eigenvalue weighted by Gasteiger charge is 2.43. The molecule has 0 spiro atoms. The van der Waals surface area contributed by atoms with Crippen molar-refractivity contribution < 1.29 is 14.4 Å². The molecule has 0 aliphatic carbocycles. The third-order valence-electron chi connectivity index (χ3n) is 6.31. The zero-order chi connectivity index (χ0) is 25.9. The van der Waals surface area contributed by atoms with Crippen LogP contribution in [0.3, 0.4) is 0 Å². The predicted octanol–water partition coefficient (Wildman–Crippen LogP) is 5.71. The molecule has 0 saturated carbocycles. The van der Waals surface area contributed by atoms with Gasteiger partial charge in [0.15, 0.2) is 0 Å². The van der Waals surface area contributed by atoms with Crippen LogP contribution in [-0.2, 0) is 16.1 Å². The summed E-state index contributed by atoms with van der Waals surface area (Å²) in [5.74, 6) is 0.722. The monoisotopic (exact) mass is 497 g/mol. The van der Waals surface area contributed by atoms with E-state index in [9.17, 15) is 4.79 Å². The summed E-state index contributed by atoms with van der Waals surface area (Å²) in [5.41, 5.74) is 4.63. The molecule has 1 heterocycles. The molecule has 0 radical (unpaired) electrons. The van der Waals surface area contributed by atoms with Gasteiger partial charge in [0, 0.05) is 11.3 Å². The summed E-state index contributed by atoms with van der Waals surface area (Å²) < 4.78 is 5.26. The molecule has 6 nitrogen and oxygen atoms in total. The van der Waals surface area contributed by atoms with Crippen LogP contribution >= 0.6 is 0 Å². The predicted molar refractivity (Wildman–Crippen MR) is 149 cm³/mol. The van der Waals surface area contributed by atoms with Gasteiger partial charge >= 0.3 is 0 Å². The summed E-state index contributed by atoms with van der Waals surface area (Å²) >= 11 is 0. The number of carbonyl (C=O) groups is 1. The van der Waals surface area contributed by atoms with Crippen LogP contribution in [0.4, 0.5) is 5.69 Å². The number of oxime groups is 1. The molecule has 1 saturated heterocycles. The van der Waals surface area contributed by atoms with Gasteiger partial charge in [-0.25, -0.2) is 0 Å². The van der Waals surface area contributed by atoms with Gasteiger partial charge < -0.3 is 14.9 Å². The fraction of sp³-hybridized carbons (Fsp3) is 0.290. The Kier molecular flexibility index (Phi) is 9.49. The summed E-state index contributed by atoms with van der Waals surface area (Å²) in [6.07, 6.45) is 4.90. The van der Waals surface area contributed by atoms with Gasteiger partial charge in [0.05, 0.1) is 18.9 Å². The molecule has 1 N–H and O–H groups in total. The Hall–Kier alpha value is -3.90. The third kappa shape index (κ3) is 7.08. The van der Waals surface area contributed by atoms with Crippen molar-refractivity contribution in [3.05, 3.63) is 108 Å². The standard InChI is InChI=1S/C31H35N3O3/c1-24(33-37-22-10-21-32-20-9-13-25-11-5-3-6-12-25)23-29-30(26-14-7-4-8-15-26)34(31(29)35)27-16-18-28(36-2)19-17-27/h3-8,11-12,14-19,23,30,32H,9-10,13,20-22H2,1-2H3. The molecule has 192 valence electrons. The number of methoxy groups -OCH3 is 1. The number of amides is 1. The van der Waals surface area contributed by atoms with Crippen LogP contribution in [0.15, 0.2) is 102 Å². The molecule has 0 aromatic heterocycles. The Bertz CT molecular complexity index is 1190. The van der Waals surface area contributed by atoms with Crippen molar-refractivity contribution in [2.24, 2.45) is 5.16 Å². The maximum Gasteiger partial charge on any atom is 0.257 e. The second-order valence-corrected chi connectivity index (χ2v) is 9.04. The zero-order valence-electron chi connectivity index (χ0n) is 21.6. The van der Waals surface area contributed by atoms with E-state index in [0.717, 1.165) is 49.4 Å². The van der Waals surface area contributed by atoms with E-state index in [-0.39, 0.29) is 11.9 Å². The molecule has 1 aliphatic heterocycles. The Morgan fingerprint density at radius 3 is 2.32 bits per heavy atom. The van der Waals surface area contributed by atoms with Crippen LogP contribution in [0.2, 0.25) is 0 Å². The fourth-order valence-corrected chi connectivity index (χ4v) is 4.41. The summed E-state index contributed by atoms with van der Waals surface area (Å²) in [6, 6.07) is 27.9. The average molecular weight is 498 g/mol. The number of benzene rings is 3. The number of allylic oxidation sites excluding steroid dienone is 1. The number of rotatable bonds is 13. The van der Waals surface area contributed by atoms with Gasteiger partial charge in [-0.3, -0.25) is 9.69 Å². The van der Waals surface area contributed by atoms with Gasteiger partial charge in [-0.2, -0.15) is 0 Å². The lowest BCUT2D eigenvalue weighted by molar-refractivity contribution is -0.119. The molecule has 1 amide bonds. The van der Waals surface area contributed by atoms with Gasteiger partial charge in [0.1, 0.15) is 12.4 Å². The normalized spacial score (nSPS) is 16.5. The molecular weight excluding hydrogens is 462 g/mol. The number of nitrogens with zero attached hydrogens (tertiary/aromatic N) is 2. The SMILES string of the molecule is COc1ccc(N2C(=O)C(=CC(C)=NOCCCNCCCc3ccccc3)C2c2ccccc2)cc1. The topological polar surface area (TPSA) is 63.2 Å².